The number of fused-ring (bicyclic) bond motifs is 1. The molecular weight excluding hydrogens is 330 g/mol. The standard InChI is InChI=1S/C19H21N5O2/c1-26-13-12-24-17(22-15-7-3-2-6-14(15)18(24)25)16-8-4-11-23(16)19-20-9-5-10-21-19/h2-3,5-7,9-10,16H,4,8,11-13H2,1H3. The van der Waals surface area contributed by atoms with E-state index >= 15 is 0 Å². The van der Waals surface area contributed by atoms with Crippen molar-refractivity contribution >= 4 is 16.9 Å². The van der Waals surface area contributed by atoms with Crippen LogP contribution in [0.5, 0.6) is 0 Å². The van der Waals surface area contributed by atoms with Gasteiger partial charge in [-0.2, -0.15) is 0 Å². The zero-order valence-corrected chi connectivity index (χ0v) is 14.7. The molecule has 7 nitrogen and oxygen atoms in total. The first-order valence-electron chi connectivity index (χ1n) is 8.81. The lowest BCUT2D eigenvalue weighted by Gasteiger charge is -2.26. The van der Waals surface area contributed by atoms with E-state index in [1.165, 1.54) is 0 Å². The minimum atomic E-state index is -0.0246. The molecule has 3 aromatic rings. The number of anilines is 1. The summed E-state index contributed by atoms with van der Waals surface area (Å²) >= 11 is 0. The molecule has 0 saturated carbocycles. The predicted octanol–water partition coefficient (Wildman–Crippen LogP) is 2.17. The zero-order valence-electron chi connectivity index (χ0n) is 14.7. The van der Waals surface area contributed by atoms with Crippen molar-refractivity contribution in [2.45, 2.75) is 25.4 Å². The van der Waals surface area contributed by atoms with Crippen LogP contribution in [0.4, 0.5) is 5.95 Å². The number of hydrogen-bond acceptors (Lipinski definition) is 6. The molecule has 26 heavy (non-hydrogen) atoms. The number of nitrogens with zero attached hydrogens (tertiary/aromatic N) is 5. The topological polar surface area (TPSA) is 73.1 Å². The summed E-state index contributed by atoms with van der Waals surface area (Å²) in [4.78, 5) is 28.8. The van der Waals surface area contributed by atoms with Gasteiger partial charge in [0.05, 0.1) is 30.1 Å². The van der Waals surface area contributed by atoms with E-state index in [1.54, 1.807) is 30.1 Å². The quantitative estimate of drug-likeness (QED) is 0.701. The van der Waals surface area contributed by atoms with Gasteiger partial charge in [-0.15, -0.1) is 0 Å². The number of methoxy groups -OCH3 is 1. The van der Waals surface area contributed by atoms with Crippen LogP contribution in [0.2, 0.25) is 0 Å². The molecule has 3 heterocycles. The molecule has 0 N–H and O–H groups in total. The van der Waals surface area contributed by atoms with E-state index < -0.39 is 0 Å². The summed E-state index contributed by atoms with van der Waals surface area (Å²) in [6.45, 7) is 1.78. The van der Waals surface area contributed by atoms with E-state index in [0.29, 0.717) is 24.5 Å². The molecule has 134 valence electrons. The summed E-state index contributed by atoms with van der Waals surface area (Å²) in [5, 5.41) is 0.632. The molecule has 0 aliphatic carbocycles. The maximum Gasteiger partial charge on any atom is 0.261 e. The lowest BCUT2D eigenvalue weighted by atomic mass is 10.1. The van der Waals surface area contributed by atoms with Gasteiger partial charge in [0.1, 0.15) is 5.82 Å². The van der Waals surface area contributed by atoms with Crippen LogP contribution in [0.1, 0.15) is 24.7 Å². The van der Waals surface area contributed by atoms with Gasteiger partial charge in [0.2, 0.25) is 5.95 Å². The van der Waals surface area contributed by atoms with Gasteiger partial charge in [-0.3, -0.25) is 9.36 Å². The molecule has 1 aliphatic rings. The van der Waals surface area contributed by atoms with E-state index in [0.717, 1.165) is 30.7 Å². The summed E-state index contributed by atoms with van der Waals surface area (Å²) in [5.74, 6) is 1.44. The van der Waals surface area contributed by atoms with Crippen LogP contribution in [-0.4, -0.2) is 39.8 Å². The SMILES string of the molecule is COCCn1c(C2CCCN2c2ncccn2)nc2ccccc2c1=O. The fourth-order valence-electron chi connectivity index (χ4n) is 3.55. The van der Waals surface area contributed by atoms with Gasteiger partial charge in [-0.05, 0) is 31.0 Å². The Balaban J connectivity index is 1.85. The first-order chi connectivity index (χ1) is 12.8. The number of ether oxygens (including phenoxy) is 1. The predicted molar refractivity (Wildman–Crippen MR) is 99.2 cm³/mol. The molecule has 0 bridgehead atoms. The third kappa shape index (κ3) is 2.94. The third-order valence-electron chi connectivity index (χ3n) is 4.77. The van der Waals surface area contributed by atoms with E-state index in [2.05, 4.69) is 14.9 Å². The Morgan fingerprint density at radius 1 is 1.19 bits per heavy atom. The van der Waals surface area contributed by atoms with Crippen molar-refractivity contribution in [2.24, 2.45) is 0 Å². The Morgan fingerprint density at radius 3 is 2.81 bits per heavy atom. The maximum atomic E-state index is 13.1. The molecule has 1 fully saturated rings. The second-order valence-corrected chi connectivity index (χ2v) is 6.34. The molecule has 0 spiro atoms. The highest BCUT2D eigenvalue weighted by Crippen LogP contribution is 2.33. The molecule has 4 rings (SSSR count). The Bertz CT molecular complexity index is 957. The highest BCUT2D eigenvalue weighted by atomic mass is 16.5. The molecule has 0 radical (unpaired) electrons. The average molecular weight is 351 g/mol. The first-order valence-corrected chi connectivity index (χ1v) is 8.81. The molecule has 1 saturated heterocycles. The van der Waals surface area contributed by atoms with Crippen molar-refractivity contribution < 1.29 is 4.74 Å². The van der Waals surface area contributed by atoms with E-state index in [1.807, 2.05) is 24.3 Å². The van der Waals surface area contributed by atoms with Crippen LogP contribution < -0.4 is 10.5 Å². The second-order valence-electron chi connectivity index (χ2n) is 6.34. The van der Waals surface area contributed by atoms with Crippen LogP contribution in [0.15, 0.2) is 47.5 Å². The fraction of sp³-hybridized carbons (Fsp3) is 0.368. The first kappa shape index (κ1) is 16.7. The van der Waals surface area contributed by atoms with Crippen LogP contribution in [0, 0.1) is 0 Å². The van der Waals surface area contributed by atoms with Crippen LogP contribution >= 0.6 is 0 Å². The molecular formula is C19H21N5O2. The maximum absolute atomic E-state index is 13.1. The van der Waals surface area contributed by atoms with Crippen molar-refractivity contribution in [3.63, 3.8) is 0 Å². The van der Waals surface area contributed by atoms with Crippen LogP contribution in [0.3, 0.4) is 0 Å². The molecule has 1 atom stereocenters. The smallest absolute Gasteiger partial charge is 0.261 e. The van der Waals surface area contributed by atoms with Crippen molar-refractivity contribution in [2.75, 3.05) is 25.2 Å². The average Bonchev–Trinajstić information content (AvgIpc) is 3.17. The lowest BCUT2D eigenvalue weighted by molar-refractivity contribution is 0.184. The Kier molecular flexibility index (Phi) is 4.62. The number of hydrogen-bond donors (Lipinski definition) is 0. The van der Waals surface area contributed by atoms with Gasteiger partial charge in [0.25, 0.3) is 5.56 Å². The van der Waals surface area contributed by atoms with Gasteiger partial charge in [0.15, 0.2) is 0 Å². The number of aromatic nitrogens is 4. The summed E-state index contributed by atoms with van der Waals surface area (Å²) in [6.07, 6.45) is 5.40. The van der Waals surface area contributed by atoms with Gasteiger partial charge < -0.3 is 9.64 Å². The summed E-state index contributed by atoms with van der Waals surface area (Å²) in [6, 6.07) is 9.27. The lowest BCUT2D eigenvalue weighted by Crippen LogP contribution is -2.33. The van der Waals surface area contributed by atoms with Crippen molar-refractivity contribution in [1.82, 2.24) is 19.5 Å². The van der Waals surface area contributed by atoms with Gasteiger partial charge in [-0.25, -0.2) is 15.0 Å². The Morgan fingerprint density at radius 2 is 2.00 bits per heavy atom. The minimum absolute atomic E-state index is 0.0217. The van der Waals surface area contributed by atoms with Gasteiger partial charge in [-0.1, -0.05) is 12.1 Å². The summed E-state index contributed by atoms with van der Waals surface area (Å²) in [5.41, 5.74) is 0.700. The number of para-hydroxylation sites is 1. The normalized spacial score (nSPS) is 17.1. The summed E-state index contributed by atoms with van der Waals surface area (Å²) < 4.78 is 6.96. The van der Waals surface area contributed by atoms with Gasteiger partial charge in [0, 0.05) is 26.0 Å². The minimum Gasteiger partial charge on any atom is -0.383 e. The van der Waals surface area contributed by atoms with Crippen LogP contribution in [-0.2, 0) is 11.3 Å². The molecule has 0 amide bonds. The molecule has 2 aromatic heterocycles. The Labute approximate surface area is 151 Å². The van der Waals surface area contributed by atoms with E-state index in [4.69, 9.17) is 9.72 Å². The largest absolute Gasteiger partial charge is 0.383 e. The van der Waals surface area contributed by atoms with Crippen molar-refractivity contribution in [3.05, 3.63) is 58.9 Å². The number of benzene rings is 1. The Hall–Kier alpha value is -2.80. The van der Waals surface area contributed by atoms with E-state index in [9.17, 15) is 4.79 Å². The highest BCUT2D eigenvalue weighted by molar-refractivity contribution is 5.77. The molecule has 1 unspecified atom stereocenters. The second kappa shape index (κ2) is 7.21. The molecule has 1 aromatic carbocycles. The summed E-state index contributed by atoms with van der Waals surface area (Å²) in [7, 11) is 1.64. The van der Waals surface area contributed by atoms with E-state index in [-0.39, 0.29) is 11.6 Å². The molecule has 1 aliphatic heterocycles. The van der Waals surface area contributed by atoms with Crippen molar-refractivity contribution in [3.8, 4) is 0 Å². The zero-order chi connectivity index (χ0) is 17.9. The van der Waals surface area contributed by atoms with Crippen LogP contribution in [0.25, 0.3) is 10.9 Å². The van der Waals surface area contributed by atoms with Crippen molar-refractivity contribution in [1.29, 1.82) is 0 Å². The highest BCUT2D eigenvalue weighted by Gasteiger charge is 2.31. The van der Waals surface area contributed by atoms with Gasteiger partial charge >= 0.3 is 0 Å². The number of rotatable bonds is 5. The third-order valence-corrected chi connectivity index (χ3v) is 4.77. The molecule has 7 heteroatoms. The monoisotopic (exact) mass is 351 g/mol. The fourth-order valence-corrected chi connectivity index (χ4v) is 3.55.